The molecule has 4 nitrogen and oxygen atoms in total. The van der Waals surface area contributed by atoms with Crippen molar-refractivity contribution in [3.8, 4) is 0 Å². The van der Waals surface area contributed by atoms with Crippen molar-refractivity contribution in [2.24, 2.45) is 10.8 Å². The molecule has 1 saturated carbocycles. The number of halogens is 1. The van der Waals surface area contributed by atoms with Crippen LogP contribution in [0.3, 0.4) is 0 Å². The Bertz CT molecular complexity index is 699. The summed E-state index contributed by atoms with van der Waals surface area (Å²) in [7, 11) is 0. The average Bonchev–Trinajstić information content (AvgIpc) is 2.98. The number of aliphatic carboxylic acids is 1. The van der Waals surface area contributed by atoms with Gasteiger partial charge in [0.05, 0.1) is 12.1 Å². The summed E-state index contributed by atoms with van der Waals surface area (Å²) in [5.74, 6) is -1.18. The Balaban J connectivity index is 2.19. The minimum Gasteiger partial charge on any atom is -0.481 e. The molecule has 1 aliphatic heterocycles. The van der Waals surface area contributed by atoms with E-state index in [9.17, 15) is 14.7 Å². The molecule has 1 heterocycles. The topological polar surface area (TPSA) is 57.6 Å². The Morgan fingerprint density at radius 1 is 1.28 bits per heavy atom. The summed E-state index contributed by atoms with van der Waals surface area (Å²) in [6.07, 6.45) is 1.53. The number of hydrogen-bond donors (Lipinski definition) is 1. The predicted molar refractivity (Wildman–Crippen MR) is 97.4 cm³/mol. The highest BCUT2D eigenvalue weighted by atomic mass is 35.5. The molecule has 4 atom stereocenters. The van der Waals surface area contributed by atoms with Crippen molar-refractivity contribution in [1.82, 2.24) is 4.90 Å². The summed E-state index contributed by atoms with van der Waals surface area (Å²) in [5.41, 5.74) is -0.656. The Morgan fingerprint density at radius 2 is 1.88 bits per heavy atom. The molecule has 3 rings (SSSR count). The number of amides is 1. The van der Waals surface area contributed by atoms with Crippen LogP contribution in [0.25, 0.3) is 0 Å². The fraction of sp³-hybridized carbons (Fsp3) is 0.600. The van der Waals surface area contributed by atoms with Crippen LogP contribution < -0.4 is 0 Å². The molecule has 1 aliphatic carbocycles. The van der Waals surface area contributed by atoms with E-state index in [2.05, 4.69) is 0 Å². The summed E-state index contributed by atoms with van der Waals surface area (Å²) >= 11 is 6.83. The molecule has 1 amide bonds. The number of hydrogen-bond acceptors (Lipinski definition) is 2. The second-order valence-electron chi connectivity index (χ2n) is 8.50. The van der Waals surface area contributed by atoms with Crippen LogP contribution in [0.15, 0.2) is 30.3 Å². The molecule has 1 aromatic rings. The molecule has 0 radical (unpaired) electrons. The first-order valence-electron chi connectivity index (χ1n) is 8.87. The van der Waals surface area contributed by atoms with E-state index in [1.54, 1.807) is 4.90 Å². The number of carbonyl (C=O) groups is 2. The van der Waals surface area contributed by atoms with Gasteiger partial charge in [0.2, 0.25) is 5.91 Å². The Morgan fingerprint density at radius 3 is 2.40 bits per heavy atom. The van der Waals surface area contributed by atoms with Crippen LogP contribution in [0.5, 0.6) is 0 Å². The second-order valence-corrected chi connectivity index (χ2v) is 9.14. The zero-order valence-corrected chi connectivity index (χ0v) is 16.0. The van der Waals surface area contributed by atoms with Crippen LogP contribution in [0, 0.1) is 10.8 Å². The van der Waals surface area contributed by atoms with Crippen LogP contribution in [0.4, 0.5) is 0 Å². The van der Waals surface area contributed by atoms with Crippen LogP contribution >= 0.6 is 11.6 Å². The first-order valence-corrected chi connectivity index (χ1v) is 9.25. The first kappa shape index (κ1) is 18.2. The van der Waals surface area contributed by atoms with Crippen LogP contribution in [0.1, 0.15) is 58.6 Å². The molecule has 2 aliphatic rings. The van der Waals surface area contributed by atoms with Gasteiger partial charge in [-0.15, -0.1) is 11.6 Å². The van der Waals surface area contributed by atoms with E-state index in [1.165, 1.54) is 0 Å². The van der Waals surface area contributed by atoms with Crippen molar-refractivity contribution in [3.05, 3.63) is 35.9 Å². The summed E-state index contributed by atoms with van der Waals surface area (Å²) in [6.45, 7) is 7.96. The van der Waals surface area contributed by atoms with Crippen molar-refractivity contribution < 1.29 is 14.7 Å². The summed E-state index contributed by atoms with van der Waals surface area (Å²) in [5, 5.41) is 10.2. The number of carboxylic acid groups (broad SMARTS) is 1. The van der Waals surface area contributed by atoms with E-state index in [0.29, 0.717) is 19.3 Å². The van der Waals surface area contributed by atoms with E-state index in [-0.39, 0.29) is 11.9 Å². The van der Waals surface area contributed by atoms with Gasteiger partial charge >= 0.3 is 5.97 Å². The molecule has 5 heteroatoms. The van der Waals surface area contributed by atoms with Gasteiger partial charge in [-0.25, -0.2) is 0 Å². The molecular formula is C20H26ClNO3. The van der Waals surface area contributed by atoms with E-state index in [0.717, 1.165) is 5.56 Å². The van der Waals surface area contributed by atoms with Crippen molar-refractivity contribution >= 4 is 23.5 Å². The minimum atomic E-state index is -1.35. The quantitative estimate of drug-likeness (QED) is 0.817. The Labute approximate surface area is 154 Å². The van der Waals surface area contributed by atoms with Gasteiger partial charge in [0, 0.05) is 0 Å². The standard InChI is InChI=1S/C20H26ClNO3/c1-13(14-9-6-5-7-10-14)22-15(18(2,3)4)19(17(24)25)11-8-12-20(19,21)16(22)23/h5-7,9-10,13,15H,8,11-12H2,1-4H3,(H,24,25)/t13-,15?,19+,20+/m1/s1. The molecule has 25 heavy (non-hydrogen) atoms. The molecule has 0 spiro atoms. The lowest BCUT2D eigenvalue weighted by Gasteiger charge is -2.45. The van der Waals surface area contributed by atoms with Crippen molar-refractivity contribution in [2.75, 3.05) is 0 Å². The van der Waals surface area contributed by atoms with Crippen LogP contribution in [-0.4, -0.2) is 32.8 Å². The highest BCUT2D eigenvalue weighted by molar-refractivity contribution is 6.38. The van der Waals surface area contributed by atoms with Crippen LogP contribution in [0.2, 0.25) is 0 Å². The fourth-order valence-corrected chi connectivity index (χ4v) is 5.59. The number of fused-ring (bicyclic) bond motifs is 1. The molecular weight excluding hydrogens is 338 g/mol. The lowest BCUT2D eigenvalue weighted by molar-refractivity contribution is -0.154. The molecule has 0 bridgehead atoms. The number of likely N-dealkylation sites (tertiary alicyclic amines) is 1. The Kier molecular flexibility index (Phi) is 4.18. The zero-order chi connectivity index (χ0) is 18.6. The Hall–Kier alpha value is -1.55. The molecule has 1 aromatic carbocycles. The van der Waals surface area contributed by atoms with Crippen molar-refractivity contribution in [3.63, 3.8) is 0 Å². The molecule has 1 N–H and O–H groups in total. The van der Waals surface area contributed by atoms with E-state index in [1.807, 2.05) is 58.0 Å². The minimum absolute atomic E-state index is 0.227. The predicted octanol–water partition coefficient (Wildman–Crippen LogP) is 4.24. The first-order chi connectivity index (χ1) is 11.6. The number of benzene rings is 1. The van der Waals surface area contributed by atoms with E-state index >= 15 is 0 Å². The monoisotopic (exact) mass is 363 g/mol. The zero-order valence-electron chi connectivity index (χ0n) is 15.3. The maximum atomic E-state index is 13.4. The van der Waals surface area contributed by atoms with Gasteiger partial charge in [-0.1, -0.05) is 51.1 Å². The van der Waals surface area contributed by atoms with Crippen molar-refractivity contribution in [2.45, 2.75) is 63.9 Å². The van der Waals surface area contributed by atoms with Gasteiger partial charge in [0.25, 0.3) is 0 Å². The fourth-order valence-electron chi connectivity index (χ4n) is 5.08. The van der Waals surface area contributed by atoms with Gasteiger partial charge in [-0.2, -0.15) is 0 Å². The number of nitrogens with zero attached hydrogens (tertiary/aromatic N) is 1. The largest absolute Gasteiger partial charge is 0.481 e. The number of rotatable bonds is 3. The van der Waals surface area contributed by atoms with Gasteiger partial charge in [0.1, 0.15) is 10.3 Å². The number of carbonyl (C=O) groups excluding carboxylic acids is 1. The maximum absolute atomic E-state index is 13.4. The van der Waals surface area contributed by atoms with Gasteiger partial charge in [-0.3, -0.25) is 9.59 Å². The lowest BCUT2D eigenvalue weighted by atomic mass is 9.65. The second kappa shape index (κ2) is 5.73. The normalized spacial score (nSPS) is 33.4. The number of carboxylic acids is 1. The highest BCUT2D eigenvalue weighted by Gasteiger charge is 2.76. The van der Waals surface area contributed by atoms with Gasteiger partial charge in [0.15, 0.2) is 0 Å². The highest BCUT2D eigenvalue weighted by Crippen LogP contribution is 2.64. The third kappa shape index (κ3) is 2.33. The molecule has 2 fully saturated rings. The maximum Gasteiger partial charge on any atom is 0.314 e. The number of alkyl halides is 1. The lowest BCUT2D eigenvalue weighted by Crippen LogP contribution is -2.55. The molecule has 1 saturated heterocycles. The van der Waals surface area contributed by atoms with Gasteiger partial charge in [-0.05, 0) is 37.2 Å². The summed E-state index contributed by atoms with van der Waals surface area (Å²) in [6, 6.07) is 9.06. The van der Waals surface area contributed by atoms with Crippen LogP contribution in [-0.2, 0) is 9.59 Å². The summed E-state index contributed by atoms with van der Waals surface area (Å²) in [4.78, 5) is 26.3. The third-order valence-electron chi connectivity index (χ3n) is 6.02. The smallest absolute Gasteiger partial charge is 0.314 e. The average molecular weight is 364 g/mol. The van der Waals surface area contributed by atoms with E-state index in [4.69, 9.17) is 11.6 Å². The van der Waals surface area contributed by atoms with E-state index < -0.39 is 27.7 Å². The molecule has 0 aromatic heterocycles. The summed E-state index contributed by atoms with van der Waals surface area (Å²) < 4.78 is 0. The molecule has 1 unspecified atom stereocenters. The van der Waals surface area contributed by atoms with Crippen molar-refractivity contribution in [1.29, 1.82) is 0 Å². The molecule has 136 valence electrons. The van der Waals surface area contributed by atoms with Gasteiger partial charge < -0.3 is 10.0 Å². The third-order valence-corrected chi connectivity index (χ3v) is 6.71. The SMILES string of the molecule is C[C@H](c1ccccc1)N1C(=O)[C@@]2(Cl)CCC[C@@]2(C(=O)O)C1C(C)(C)C.